The minimum Gasteiger partial charge on any atom is -0.478 e. The van der Waals surface area contributed by atoms with Crippen molar-refractivity contribution in [1.29, 1.82) is 0 Å². The summed E-state index contributed by atoms with van der Waals surface area (Å²) in [6, 6.07) is 4.59. The Bertz CT molecular complexity index is 669. The Morgan fingerprint density at radius 2 is 2.20 bits per heavy atom. The smallest absolute Gasteiger partial charge is 0.335 e. The summed E-state index contributed by atoms with van der Waals surface area (Å²) in [6.07, 6.45) is 0. The summed E-state index contributed by atoms with van der Waals surface area (Å²) in [5.41, 5.74) is 1.12. The fourth-order valence-electron chi connectivity index (χ4n) is 1.99. The van der Waals surface area contributed by atoms with Crippen molar-refractivity contribution in [2.24, 2.45) is 5.92 Å². The van der Waals surface area contributed by atoms with E-state index in [-0.39, 0.29) is 11.3 Å². The van der Waals surface area contributed by atoms with Gasteiger partial charge in [0.1, 0.15) is 0 Å². The zero-order chi connectivity index (χ0) is 14.7. The van der Waals surface area contributed by atoms with Crippen LogP contribution >= 0.6 is 0 Å². The summed E-state index contributed by atoms with van der Waals surface area (Å²) in [7, 11) is 0. The third kappa shape index (κ3) is 3.08. The van der Waals surface area contributed by atoms with Crippen LogP contribution in [0.1, 0.15) is 24.2 Å². The van der Waals surface area contributed by atoms with Crippen LogP contribution in [0.5, 0.6) is 0 Å². The van der Waals surface area contributed by atoms with Crippen LogP contribution in [0.4, 0.5) is 0 Å². The largest absolute Gasteiger partial charge is 0.478 e. The lowest BCUT2D eigenvalue weighted by Crippen LogP contribution is -2.20. The average Bonchev–Trinajstić information content (AvgIpc) is 2.69. The predicted octanol–water partition coefficient (Wildman–Crippen LogP) is 1.70. The summed E-state index contributed by atoms with van der Waals surface area (Å²) in [5.74, 6) is -0.561. The van der Waals surface area contributed by atoms with Crippen LogP contribution in [0.3, 0.4) is 0 Å². The van der Waals surface area contributed by atoms with Crippen LogP contribution in [0.2, 0.25) is 0 Å². The molecule has 6 nitrogen and oxygen atoms in total. The molecule has 2 aromatic rings. The topological polar surface area (TPSA) is 84.3 Å². The van der Waals surface area contributed by atoms with E-state index in [1.54, 1.807) is 10.6 Å². The molecule has 0 aliphatic rings. The molecule has 0 saturated carbocycles. The molecule has 0 unspecified atom stereocenters. The zero-order valence-electron chi connectivity index (χ0n) is 11.5. The molecule has 0 saturated heterocycles. The van der Waals surface area contributed by atoms with Gasteiger partial charge in [-0.2, -0.15) is 0 Å². The Labute approximate surface area is 116 Å². The molecule has 20 heavy (non-hydrogen) atoms. The van der Waals surface area contributed by atoms with E-state index in [1.807, 2.05) is 0 Å². The number of carboxylic acids is 1. The summed E-state index contributed by atoms with van der Waals surface area (Å²) in [6.45, 7) is 5.67. The van der Waals surface area contributed by atoms with Crippen LogP contribution in [-0.4, -0.2) is 33.8 Å². The molecule has 108 valence electrons. The van der Waals surface area contributed by atoms with Crippen molar-refractivity contribution >= 4 is 17.0 Å². The van der Waals surface area contributed by atoms with Gasteiger partial charge in [-0.05, 0) is 24.1 Å². The van der Waals surface area contributed by atoms with Gasteiger partial charge in [0.25, 0.3) is 0 Å². The lowest BCUT2D eigenvalue weighted by Gasteiger charge is -2.07. The van der Waals surface area contributed by atoms with Gasteiger partial charge in [-0.25, -0.2) is 9.59 Å². The number of rotatable bonds is 6. The van der Waals surface area contributed by atoms with E-state index in [1.165, 1.54) is 12.1 Å². The molecule has 2 rings (SSSR count). The number of benzene rings is 1. The van der Waals surface area contributed by atoms with E-state index in [9.17, 15) is 9.59 Å². The molecule has 1 aromatic heterocycles. The van der Waals surface area contributed by atoms with Crippen LogP contribution in [-0.2, 0) is 11.3 Å². The van der Waals surface area contributed by atoms with Crippen molar-refractivity contribution < 1.29 is 14.6 Å². The molecule has 6 heteroatoms. The van der Waals surface area contributed by atoms with Gasteiger partial charge in [0.15, 0.2) is 0 Å². The Hall–Kier alpha value is -2.08. The monoisotopic (exact) mass is 278 g/mol. The molecule has 0 spiro atoms. The van der Waals surface area contributed by atoms with Crippen molar-refractivity contribution in [3.05, 3.63) is 34.2 Å². The lowest BCUT2D eigenvalue weighted by atomic mass is 10.2. The van der Waals surface area contributed by atoms with Crippen LogP contribution in [0.25, 0.3) is 11.0 Å². The average molecular weight is 278 g/mol. The second-order valence-corrected chi connectivity index (χ2v) is 5.09. The normalized spacial score (nSPS) is 11.3. The van der Waals surface area contributed by atoms with E-state index in [0.717, 1.165) is 0 Å². The number of fused-ring (bicyclic) bond motifs is 1. The molecular weight excluding hydrogens is 260 g/mol. The fourth-order valence-corrected chi connectivity index (χ4v) is 1.99. The Morgan fingerprint density at radius 3 is 2.85 bits per heavy atom. The number of hydrogen-bond donors (Lipinski definition) is 2. The number of aromatic carboxylic acids is 1. The number of ether oxygens (including phenoxy) is 1. The van der Waals surface area contributed by atoms with Crippen LogP contribution in [0.15, 0.2) is 23.0 Å². The maximum atomic E-state index is 11.9. The molecule has 0 bridgehead atoms. The highest BCUT2D eigenvalue weighted by atomic mass is 16.5. The van der Waals surface area contributed by atoms with E-state index < -0.39 is 5.97 Å². The van der Waals surface area contributed by atoms with Gasteiger partial charge in [-0.1, -0.05) is 13.8 Å². The lowest BCUT2D eigenvalue weighted by molar-refractivity contribution is 0.0697. The predicted molar refractivity (Wildman–Crippen MR) is 75.2 cm³/mol. The first-order chi connectivity index (χ1) is 9.49. The first kappa shape index (κ1) is 14.3. The first-order valence-electron chi connectivity index (χ1n) is 6.52. The molecule has 0 fully saturated rings. The van der Waals surface area contributed by atoms with Crippen molar-refractivity contribution in [2.75, 3.05) is 13.2 Å². The molecule has 0 atom stereocenters. The van der Waals surface area contributed by atoms with Crippen LogP contribution < -0.4 is 5.69 Å². The molecule has 2 N–H and O–H groups in total. The summed E-state index contributed by atoms with van der Waals surface area (Å²) < 4.78 is 7.02. The molecule has 1 aromatic carbocycles. The number of nitrogens with one attached hydrogen (secondary N) is 1. The summed E-state index contributed by atoms with van der Waals surface area (Å²) >= 11 is 0. The van der Waals surface area contributed by atoms with Gasteiger partial charge in [-0.3, -0.25) is 4.57 Å². The van der Waals surface area contributed by atoms with Gasteiger partial charge < -0.3 is 14.8 Å². The maximum absolute atomic E-state index is 11.9. The van der Waals surface area contributed by atoms with E-state index >= 15 is 0 Å². The SMILES string of the molecule is CC(C)COCCn1c(=O)[nH]c2cc(C(=O)O)ccc21. The summed E-state index contributed by atoms with van der Waals surface area (Å²) in [5, 5.41) is 8.93. The van der Waals surface area contributed by atoms with Gasteiger partial charge in [-0.15, -0.1) is 0 Å². The van der Waals surface area contributed by atoms with Crippen molar-refractivity contribution in [1.82, 2.24) is 9.55 Å². The Balaban J connectivity index is 2.19. The number of H-pyrrole nitrogens is 1. The molecule has 0 aliphatic heterocycles. The Morgan fingerprint density at radius 1 is 1.45 bits per heavy atom. The molecular formula is C14H18N2O4. The number of imidazole rings is 1. The molecule has 1 heterocycles. The minimum atomic E-state index is -1.01. The second-order valence-electron chi connectivity index (χ2n) is 5.09. The number of hydrogen-bond acceptors (Lipinski definition) is 3. The van der Waals surface area contributed by atoms with Crippen molar-refractivity contribution in [3.63, 3.8) is 0 Å². The molecule has 0 aliphatic carbocycles. The first-order valence-corrected chi connectivity index (χ1v) is 6.52. The highest BCUT2D eigenvalue weighted by molar-refractivity contribution is 5.92. The van der Waals surface area contributed by atoms with Gasteiger partial charge in [0.05, 0.1) is 29.7 Å². The van der Waals surface area contributed by atoms with Gasteiger partial charge >= 0.3 is 11.7 Å². The Kier molecular flexibility index (Phi) is 4.24. The minimum absolute atomic E-state index is 0.155. The zero-order valence-corrected chi connectivity index (χ0v) is 11.5. The van der Waals surface area contributed by atoms with Gasteiger partial charge in [0.2, 0.25) is 0 Å². The number of aromatic nitrogens is 2. The third-order valence-electron chi connectivity index (χ3n) is 2.93. The quantitative estimate of drug-likeness (QED) is 0.788. The molecule has 0 radical (unpaired) electrons. The highest BCUT2D eigenvalue weighted by Gasteiger charge is 2.10. The van der Waals surface area contributed by atoms with Crippen molar-refractivity contribution in [3.8, 4) is 0 Å². The number of carbonyl (C=O) groups is 1. The molecule has 0 amide bonds. The standard InChI is InChI=1S/C14H18N2O4/c1-9(2)8-20-6-5-16-12-4-3-10(13(17)18)7-11(12)15-14(16)19/h3-4,7,9H,5-6,8H2,1-2H3,(H,15,19)(H,17,18). The van der Waals surface area contributed by atoms with E-state index in [2.05, 4.69) is 18.8 Å². The summed E-state index contributed by atoms with van der Waals surface area (Å²) in [4.78, 5) is 25.4. The van der Waals surface area contributed by atoms with E-state index in [4.69, 9.17) is 9.84 Å². The number of carboxylic acid groups (broad SMARTS) is 1. The van der Waals surface area contributed by atoms with E-state index in [0.29, 0.717) is 36.7 Å². The fraction of sp³-hybridized carbons (Fsp3) is 0.429. The van der Waals surface area contributed by atoms with Crippen molar-refractivity contribution in [2.45, 2.75) is 20.4 Å². The maximum Gasteiger partial charge on any atom is 0.335 e. The third-order valence-corrected chi connectivity index (χ3v) is 2.93. The van der Waals surface area contributed by atoms with Gasteiger partial charge in [0, 0.05) is 6.61 Å². The second kappa shape index (κ2) is 5.92. The highest BCUT2D eigenvalue weighted by Crippen LogP contribution is 2.13. The number of aromatic amines is 1. The number of nitrogens with zero attached hydrogens (tertiary/aromatic N) is 1. The van der Waals surface area contributed by atoms with Crippen LogP contribution in [0, 0.1) is 5.92 Å².